The van der Waals surface area contributed by atoms with E-state index in [0.717, 1.165) is 10.9 Å². The number of ketones is 1. The van der Waals surface area contributed by atoms with Gasteiger partial charge in [-0.2, -0.15) is 0 Å². The van der Waals surface area contributed by atoms with Gasteiger partial charge >= 0.3 is 5.97 Å². The van der Waals surface area contributed by atoms with Gasteiger partial charge in [0.15, 0.2) is 24.2 Å². The Morgan fingerprint density at radius 3 is 2.50 bits per heavy atom. The maximum Gasteiger partial charge on any atom is 0.338 e. The van der Waals surface area contributed by atoms with Crippen molar-refractivity contribution in [1.82, 2.24) is 4.98 Å². The van der Waals surface area contributed by atoms with Gasteiger partial charge in [0.25, 0.3) is 5.91 Å². The Bertz CT molecular complexity index is 1410. The summed E-state index contributed by atoms with van der Waals surface area (Å²) in [6, 6.07) is 17.0. The highest BCUT2D eigenvalue weighted by Gasteiger charge is 2.23. The minimum absolute atomic E-state index is 0.147. The van der Waals surface area contributed by atoms with Crippen LogP contribution in [0.5, 0.6) is 11.5 Å². The Labute approximate surface area is 206 Å². The molecule has 0 radical (unpaired) electrons. The first-order valence-electron chi connectivity index (χ1n) is 11.0. The fourth-order valence-electron chi connectivity index (χ4n) is 3.56. The van der Waals surface area contributed by atoms with Crippen LogP contribution in [0.25, 0.3) is 10.9 Å². The minimum Gasteiger partial charge on any atom is -0.493 e. The average molecular weight is 490 g/mol. The Kier molecular flexibility index (Phi) is 7.29. The first kappa shape index (κ1) is 24.5. The lowest BCUT2D eigenvalue weighted by Crippen LogP contribution is -2.24. The molecule has 36 heavy (non-hydrogen) atoms. The molecule has 9 heteroatoms. The van der Waals surface area contributed by atoms with E-state index < -0.39 is 23.8 Å². The number of carbonyl (C=O) groups excluding carboxylic acids is 3. The predicted octanol–water partition coefficient (Wildman–Crippen LogP) is 4.76. The molecule has 0 bridgehead atoms. The number of carbonyl (C=O) groups is 3. The number of methoxy groups -OCH3 is 1. The van der Waals surface area contributed by atoms with Gasteiger partial charge < -0.3 is 24.5 Å². The molecule has 4 rings (SSSR count). The number of para-hydroxylation sites is 1. The summed E-state index contributed by atoms with van der Waals surface area (Å²) in [5.41, 5.74) is 1.82. The number of aromatic amines is 1. The van der Waals surface area contributed by atoms with E-state index in [4.69, 9.17) is 14.2 Å². The van der Waals surface area contributed by atoms with Crippen LogP contribution < -0.4 is 14.8 Å². The van der Waals surface area contributed by atoms with Gasteiger partial charge in [0, 0.05) is 28.4 Å². The molecule has 1 amide bonds. The van der Waals surface area contributed by atoms with E-state index >= 15 is 0 Å². The standard InChI is InChI=1S/C27H23FN2O6/c1-16(26(32)21-14-29-22-6-4-3-5-20(21)22)36-27(33)17-7-12-23(24(13-17)34-2)35-15-25(31)30-19-10-8-18(28)9-11-19/h3-14,16,29H,15H2,1-2H3,(H,30,31). The number of aromatic nitrogens is 1. The number of benzene rings is 3. The van der Waals surface area contributed by atoms with Crippen LogP contribution in [0, 0.1) is 5.82 Å². The van der Waals surface area contributed by atoms with Crippen molar-refractivity contribution in [3.63, 3.8) is 0 Å². The molecule has 1 heterocycles. The van der Waals surface area contributed by atoms with Crippen LogP contribution in [0.3, 0.4) is 0 Å². The normalized spacial score (nSPS) is 11.5. The van der Waals surface area contributed by atoms with E-state index in [1.54, 1.807) is 6.20 Å². The Morgan fingerprint density at radius 1 is 1.00 bits per heavy atom. The van der Waals surface area contributed by atoms with Gasteiger partial charge in [-0.15, -0.1) is 0 Å². The smallest absolute Gasteiger partial charge is 0.338 e. The molecule has 0 aliphatic rings. The second-order valence-corrected chi connectivity index (χ2v) is 7.87. The topological polar surface area (TPSA) is 107 Å². The quantitative estimate of drug-likeness (QED) is 0.259. The monoisotopic (exact) mass is 490 g/mol. The van der Waals surface area contributed by atoms with Crippen molar-refractivity contribution in [2.24, 2.45) is 0 Å². The molecule has 1 atom stereocenters. The summed E-state index contributed by atoms with van der Waals surface area (Å²) in [5, 5.41) is 3.33. The zero-order valence-electron chi connectivity index (χ0n) is 19.5. The van der Waals surface area contributed by atoms with Crippen molar-refractivity contribution in [2.45, 2.75) is 13.0 Å². The summed E-state index contributed by atoms with van der Waals surface area (Å²) in [6.07, 6.45) is 0.576. The molecule has 0 spiro atoms. The van der Waals surface area contributed by atoms with E-state index in [0.29, 0.717) is 11.3 Å². The van der Waals surface area contributed by atoms with E-state index in [9.17, 15) is 18.8 Å². The molecule has 1 aromatic heterocycles. The van der Waals surface area contributed by atoms with E-state index in [2.05, 4.69) is 10.3 Å². The van der Waals surface area contributed by atoms with Crippen molar-refractivity contribution < 1.29 is 33.0 Å². The predicted molar refractivity (Wildman–Crippen MR) is 131 cm³/mol. The zero-order valence-corrected chi connectivity index (χ0v) is 19.5. The second kappa shape index (κ2) is 10.7. The summed E-state index contributed by atoms with van der Waals surface area (Å²) < 4.78 is 29.2. The Balaban J connectivity index is 1.38. The molecule has 0 aliphatic carbocycles. The average Bonchev–Trinajstić information content (AvgIpc) is 3.32. The van der Waals surface area contributed by atoms with Crippen LogP contribution in [0.4, 0.5) is 10.1 Å². The summed E-state index contributed by atoms with van der Waals surface area (Å²) in [5.74, 6) is -1.49. The first-order chi connectivity index (χ1) is 17.4. The lowest BCUT2D eigenvalue weighted by atomic mass is 10.1. The second-order valence-electron chi connectivity index (χ2n) is 7.87. The number of anilines is 1. The van der Waals surface area contributed by atoms with Crippen LogP contribution in [0.1, 0.15) is 27.6 Å². The lowest BCUT2D eigenvalue weighted by molar-refractivity contribution is -0.118. The molecule has 4 aromatic rings. The molecule has 2 N–H and O–H groups in total. The summed E-state index contributed by atoms with van der Waals surface area (Å²) in [6.45, 7) is 1.17. The zero-order chi connectivity index (χ0) is 25.7. The maximum absolute atomic E-state index is 13.0. The Hall–Kier alpha value is -4.66. The van der Waals surface area contributed by atoms with Crippen molar-refractivity contribution >= 4 is 34.3 Å². The van der Waals surface area contributed by atoms with Gasteiger partial charge in [0.05, 0.1) is 12.7 Å². The third-order valence-corrected chi connectivity index (χ3v) is 5.39. The maximum atomic E-state index is 13.0. The number of amides is 1. The van der Waals surface area contributed by atoms with Gasteiger partial charge in [-0.25, -0.2) is 9.18 Å². The molecule has 1 unspecified atom stereocenters. The van der Waals surface area contributed by atoms with Gasteiger partial charge in [0.2, 0.25) is 5.78 Å². The van der Waals surface area contributed by atoms with Crippen LogP contribution in [0.15, 0.2) is 72.9 Å². The molecule has 0 saturated heterocycles. The SMILES string of the molecule is COc1cc(C(=O)OC(C)C(=O)c2c[nH]c3ccccc23)ccc1OCC(=O)Nc1ccc(F)cc1. The lowest BCUT2D eigenvalue weighted by Gasteiger charge is -2.14. The molecule has 0 aliphatic heterocycles. The highest BCUT2D eigenvalue weighted by Crippen LogP contribution is 2.29. The highest BCUT2D eigenvalue weighted by molar-refractivity contribution is 6.10. The number of H-pyrrole nitrogens is 1. The Morgan fingerprint density at radius 2 is 1.75 bits per heavy atom. The third kappa shape index (κ3) is 5.52. The largest absolute Gasteiger partial charge is 0.493 e. The number of ether oxygens (including phenoxy) is 3. The number of hydrogen-bond acceptors (Lipinski definition) is 6. The van der Waals surface area contributed by atoms with Gasteiger partial charge in [-0.1, -0.05) is 18.2 Å². The number of fused-ring (bicyclic) bond motifs is 1. The number of nitrogens with one attached hydrogen (secondary N) is 2. The van der Waals surface area contributed by atoms with Crippen LogP contribution in [-0.2, 0) is 9.53 Å². The van der Waals surface area contributed by atoms with E-state index in [-0.39, 0.29) is 29.5 Å². The van der Waals surface area contributed by atoms with Crippen molar-refractivity contribution in [1.29, 1.82) is 0 Å². The van der Waals surface area contributed by atoms with Crippen molar-refractivity contribution in [3.05, 3.63) is 89.9 Å². The number of halogens is 1. The number of rotatable bonds is 9. The van der Waals surface area contributed by atoms with Crippen molar-refractivity contribution in [3.8, 4) is 11.5 Å². The summed E-state index contributed by atoms with van der Waals surface area (Å²) in [4.78, 5) is 40.7. The van der Waals surface area contributed by atoms with Crippen molar-refractivity contribution in [2.75, 3.05) is 19.0 Å². The molecule has 8 nitrogen and oxygen atoms in total. The van der Waals surface area contributed by atoms with Crippen LogP contribution >= 0.6 is 0 Å². The fraction of sp³-hybridized carbons (Fsp3) is 0.148. The van der Waals surface area contributed by atoms with Gasteiger partial charge in [0.1, 0.15) is 5.82 Å². The summed E-state index contributed by atoms with van der Waals surface area (Å²) in [7, 11) is 1.39. The molecule has 0 fully saturated rings. The van der Waals surface area contributed by atoms with E-state index in [1.807, 2.05) is 24.3 Å². The molecular formula is C27H23FN2O6. The molecule has 3 aromatic carbocycles. The van der Waals surface area contributed by atoms with Gasteiger partial charge in [-0.05, 0) is 55.5 Å². The molecule has 184 valence electrons. The fourth-order valence-corrected chi connectivity index (χ4v) is 3.56. The third-order valence-electron chi connectivity index (χ3n) is 5.39. The number of hydrogen-bond donors (Lipinski definition) is 2. The van der Waals surface area contributed by atoms with Gasteiger partial charge in [-0.3, -0.25) is 9.59 Å². The first-order valence-corrected chi connectivity index (χ1v) is 11.0. The minimum atomic E-state index is -1.02. The number of Topliss-reactive ketones (excluding diaryl/α,β-unsaturated/α-hetero) is 1. The van der Waals surface area contributed by atoms with Crippen LogP contribution in [0.2, 0.25) is 0 Å². The summed E-state index contributed by atoms with van der Waals surface area (Å²) >= 11 is 0. The van der Waals surface area contributed by atoms with E-state index in [1.165, 1.54) is 56.5 Å². The highest BCUT2D eigenvalue weighted by atomic mass is 19.1. The molecular weight excluding hydrogens is 467 g/mol. The molecule has 0 saturated carbocycles. The number of esters is 1. The van der Waals surface area contributed by atoms with Crippen LogP contribution in [-0.4, -0.2) is 42.5 Å².